The fraction of sp³-hybridized carbons (Fsp3) is 0.700. The van der Waals surface area contributed by atoms with E-state index < -0.39 is 180 Å². The number of imide groups is 1. The molecule has 1 aromatic carbocycles. The highest BCUT2D eigenvalue weighted by Gasteiger charge is 2.52. The Morgan fingerprint density at radius 1 is 0.833 bits per heavy atom. The van der Waals surface area contributed by atoms with E-state index in [4.69, 9.17) is 29.0 Å². The lowest BCUT2D eigenvalue weighted by Crippen LogP contribution is -2.60. The van der Waals surface area contributed by atoms with E-state index in [-0.39, 0.29) is 98.1 Å². The zero-order valence-electron chi connectivity index (χ0n) is 66.3. The van der Waals surface area contributed by atoms with Gasteiger partial charge in [-0.05, 0) is 49.0 Å². The molecule has 114 heavy (non-hydrogen) atoms. The Labute approximate surface area is 665 Å². The van der Waals surface area contributed by atoms with Gasteiger partial charge in [0, 0.05) is 91.3 Å². The summed E-state index contributed by atoms with van der Waals surface area (Å²) >= 11 is 1.16. The molecule has 0 saturated carbocycles. The number of thioether (sulfide) groups is 1. The fourth-order valence-corrected chi connectivity index (χ4v) is 17.8. The van der Waals surface area contributed by atoms with Crippen LogP contribution < -0.4 is 27.0 Å². The third-order valence-electron chi connectivity index (χ3n) is 20.4. The Morgan fingerprint density at radius 2 is 1.51 bits per heavy atom. The number of carbonyl (C=O) groups is 10. The third kappa shape index (κ3) is 26.5. The maximum atomic E-state index is 14.8. The first-order valence-corrected chi connectivity index (χ1v) is 43.1. The Balaban J connectivity index is 0.888. The van der Waals surface area contributed by atoms with Gasteiger partial charge in [0.25, 0.3) is 0 Å². The number of likely N-dealkylation sites (tertiary alicyclic amines) is 2. The quantitative estimate of drug-likeness (QED) is 0.0219. The number of phosphoric acid groups is 3. The number of rotatable bonds is 47. The first-order valence-electron chi connectivity index (χ1n) is 37.5. The molecule has 3 aliphatic rings. The first kappa shape index (κ1) is 95.8. The van der Waals surface area contributed by atoms with E-state index in [1.165, 1.54) is 44.9 Å². The fourth-order valence-electron chi connectivity index (χ4n) is 14.0. The minimum Gasteiger partial charge on any atom is -0.480 e. The molecule has 17 atom stereocenters. The van der Waals surface area contributed by atoms with Crippen molar-refractivity contribution in [3.8, 4) is 0 Å². The van der Waals surface area contributed by atoms with Gasteiger partial charge >= 0.3 is 29.4 Å². The van der Waals surface area contributed by atoms with Crippen molar-refractivity contribution in [2.24, 2.45) is 29.1 Å². The van der Waals surface area contributed by atoms with Gasteiger partial charge < -0.3 is 90.8 Å². The van der Waals surface area contributed by atoms with E-state index >= 15 is 0 Å². The highest BCUT2D eigenvalue weighted by atomic mass is 32.2. The number of carboxylic acid groups (broad SMARTS) is 1. The van der Waals surface area contributed by atoms with Crippen molar-refractivity contribution in [3.63, 3.8) is 0 Å². The average molecular weight is 1690 g/mol. The molecule has 640 valence electrons. The monoisotopic (exact) mass is 1690 g/mol. The number of aliphatic hydroxyl groups excluding tert-OH is 2. The van der Waals surface area contributed by atoms with Crippen LogP contribution >= 0.6 is 35.2 Å². The topological polar surface area (TPSA) is 559 Å². The molecule has 0 aliphatic carbocycles. The highest BCUT2D eigenvalue weighted by molar-refractivity contribution is 8.00. The lowest BCUT2D eigenvalue weighted by molar-refractivity contribution is -0.149. The van der Waals surface area contributed by atoms with Gasteiger partial charge in [-0.3, -0.25) is 66.2 Å². The van der Waals surface area contributed by atoms with Gasteiger partial charge in [0.05, 0.1) is 61.4 Å². The molecule has 5 heterocycles. The van der Waals surface area contributed by atoms with Crippen molar-refractivity contribution < 1.29 is 129 Å². The smallest absolute Gasteiger partial charge is 0.480 e. The molecular formula is C70H112N13O27P3S. The number of phosphoric ester groups is 3. The number of nitrogens with one attached hydrogen (secondary N) is 4. The summed E-state index contributed by atoms with van der Waals surface area (Å²) in [5, 5.41) is 41.7. The van der Waals surface area contributed by atoms with Crippen molar-refractivity contribution in [3.05, 3.63) is 48.5 Å². The second-order valence-electron chi connectivity index (χ2n) is 29.9. The number of aromatic nitrogens is 4. The number of hydrogen-bond acceptors (Lipinski definition) is 27. The van der Waals surface area contributed by atoms with Gasteiger partial charge in [-0.15, -0.1) is 11.8 Å². The zero-order chi connectivity index (χ0) is 85.1. The van der Waals surface area contributed by atoms with Crippen LogP contribution in [0.4, 0.5) is 5.82 Å². The Morgan fingerprint density at radius 3 is 2.13 bits per heavy atom. The van der Waals surface area contributed by atoms with E-state index in [2.05, 4.69) is 45.1 Å². The van der Waals surface area contributed by atoms with Crippen molar-refractivity contribution >= 4 is 111 Å². The maximum Gasteiger partial charge on any atom is 0.481 e. The van der Waals surface area contributed by atoms with E-state index in [9.17, 15) is 96.5 Å². The second kappa shape index (κ2) is 42.9. The molecule has 3 aromatic rings. The average Bonchev–Trinajstić information content (AvgIpc) is 1.37. The standard InChI is InChI=1S/C70H112N13O27P3S/c1-14-41(6)56(46(104-12)33-51(86)81-30-21-24-45(81)58(105-13)42(7)63(90)77-44(69(95)96)32-43-22-17-15-18-23-43)80(11)67(94)53(39(2)3)78-64(91)55(40(4)5)79(10)50(85)25-19-16-20-29-82-52(87)34-48(66(82)93)114-31-28-72-49(84)26-27-73-65(92)60(89)70(8,9)36-107-113(102,103)110-112(100,101)106-35-47-59(109-111(97,98)99)57(88)68(108-47)83-38-76-54-61(71)74-37-75-62(54)83/h15,17-18,22-23,37-42,44-48,53,55-60,68,88-89H,14,16,19-21,24-36H2,1-13H3,(H,72,84)(H,73,92)(H,77,90)(H,78,91)(H,95,96)(H,100,101)(H,102,103)(H2,71,74,75)(H2,97,98,99). The number of methoxy groups -OCH3 is 2. The van der Waals surface area contributed by atoms with E-state index in [0.717, 1.165) is 39.4 Å². The summed E-state index contributed by atoms with van der Waals surface area (Å²) in [5.41, 5.74) is 4.89. The number of fused-ring (bicyclic) bond motifs is 1. The Hall–Kier alpha value is -7.01. The Bertz CT molecular complexity index is 3960. The predicted octanol–water partition coefficient (Wildman–Crippen LogP) is 2.18. The van der Waals surface area contributed by atoms with E-state index in [0.29, 0.717) is 45.1 Å². The third-order valence-corrected chi connectivity index (χ3v) is 24.7. The number of likely N-dealkylation sites (N-methyl/N-ethyl adjacent to an activating group) is 2. The number of nitrogens with two attached hydrogens (primary N) is 1. The lowest BCUT2D eigenvalue weighted by atomic mass is 9.87. The van der Waals surface area contributed by atoms with Gasteiger partial charge in [-0.1, -0.05) is 105 Å². The minimum absolute atomic E-state index is 0.00144. The Kier molecular flexibility index (Phi) is 36.1. The molecule has 3 fully saturated rings. The van der Waals surface area contributed by atoms with Crippen molar-refractivity contribution in [2.45, 2.75) is 211 Å². The summed E-state index contributed by atoms with van der Waals surface area (Å²) in [7, 11) is -10.6. The number of aliphatic hydroxyl groups is 2. The molecule has 2 aromatic heterocycles. The normalized spacial score (nSPS) is 21.6. The van der Waals surface area contributed by atoms with Crippen LogP contribution in [0, 0.1) is 29.1 Å². The molecule has 0 radical (unpaired) electrons. The van der Waals surface area contributed by atoms with Gasteiger partial charge in [0.15, 0.2) is 17.7 Å². The number of nitrogens with zero attached hydrogens (tertiary/aromatic N) is 8. The SMILES string of the molecule is CCC(C)C(C(CC(=O)N1CCCC1C(OC)C(C)C(=O)NC(Cc1ccccc1)C(=O)O)OC)N(C)C(=O)C(NC(=O)C(C(C)C)N(C)C(=O)CCCCCN1C(=O)CC(SCCNC(=O)CCNC(=O)C(O)C(C)(C)COP(=O)(O)OP(=O)(O)OCC2OC(n3cnc4c(N)ncnc43)C(O)C2OP(=O)(O)O)C1=O)C(C)C. The van der Waals surface area contributed by atoms with Crippen LogP contribution in [0.3, 0.4) is 0 Å². The zero-order valence-corrected chi connectivity index (χ0v) is 69.8. The van der Waals surface area contributed by atoms with Crippen LogP contribution in [-0.4, -0.2) is 279 Å². The number of nitrogen functional groups attached to an aromatic ring is 1. The number of aliphatic carboxylic acids is 1. The number of anilines is 1. The molecular weight excluding hydrogens is 1580 g/mol. The molecule has 0 spiro atoms. The number of imidazole rings is 1. The molecule has 3 saturated heterocycles. The van der Waals surface area contributed by atoms with Crippen molar-refractivity contribution in [2.75, 3.05) is 79.2 Å². The van der Waals surface area contributed by atoms with Crippen LogP contribution in [0.5, 0.6) is 0 Å². The molecule has 0 bridgehead atoms. The number of hydrogen-bond donors (Lipinski definition) is 12. The summed E-state index contributed by atoms with van der Waals surface area (Å²) in [4.78, 5) is 193. The summed E-state index contributed by atoms with van der Waals surface area (Å²) in [6.07, 6.45) is -6.17. The molecule has 17 unspecified atom stereocenters. The summed E-state index contributed by atoms with van der Waals surface area (Å²) < 4.78 is 75.0. The predicted molar refractivity (Wildman–Crippen MR) is 410 cm³/mol. The molecule has 9 amide bonds. The summed E-state index contributed by atoms with van der Waals surface area (Å²) in [5.74, 6) is -7.48. The van der Waals surface area contributed by atoms with Crippen LogP contribution in [0.15, 0.2) is 43.0 Å². The molecule has 13 N–H and O–H groups in total. The van der Waals surface area contributed by atoms with E-state index in [1.807, 2.05) is 19.9 Å². The van der Waals surface area contributed by atoms with Gasteiger partial charge in [-0.2, -0.15) is 4.31 Å². The summed E-state index contributed by atoms with van der Waals surface area (Å²) in [6, 6.07) is 4.47. The van der Waals surface area contributed by atoms with Gasteiger partial charge in [-0.25, -0.2) is 33.4 Å². The van der Waals surface area contributed by atoms with Gasteiger partial charge in [0.1, 0.15) is 54.4 Å². The number of carboxylic acids is 1. The molecule has 40 nitrogen and oxygen atoms in total. The van der Waals surface area contributed by atoms with Crippen LogP contribution in [-0.2, 0) is 100 Å². The molecule has 44 heteroatoms. The lowest BCUT2D eigenvalue weighted by Gasteiger charge is -2.41. The highest BCUT2D eigenvalue weighted by Crippen LogP contribution is 2.61. The largest absolute Gasteiger partial charge is 0.481 e. The van der Waals surface area contributed by atoms with Crippen molar-refractivity contribution in [1.82, 2.24) is 60.4 Å². The number of unbranched alkanes of at least 4 members (excludes halogenated alkanes) is 2. The maximum absolute atomic E-state index is 14.8. The molecule has 6 rings (SSSR count). The number of ether oxygens (including phenoxy) is 3. The van der Waals surface area contributed by atoms with Crippen molar-refractivity contribution in [1.29, 1.82) is 0 Å². The molecule has 3 aliphatic heterocycles. The summed E-state index contributed by atoms with van der Waals surface area (Å²) in [6.45, 7) is 13.2. The first-order chi connectivity index (χ1) is 53.4. The van der Waals surface area contributed by atoms with Crippen LogP contribution in [0.1, 0.15) is 138 Å². The van der Waals surface area contributed by atoms with E-state index in [1.54, 1.807) is 70.8 Å². The number of amides is 9. The van der Waals surface area contributed by atoms with Crippen LogP contribution in [0.2, 0.25) is 0 Å². The number of benzene rings is 1. The van der Waals surface area contributed by atoms with Crippen LogP contribution in [0.25, 0.3) is 11.2 Å². The minimum atomic E-state index is -5.66. The number of carbonyl (C=O) groups excluding carboxylic acids is 9. The second-order valence-corrected chi connectivity index (χ2v) is 35.5. The van der Waals surface area contributed by atoms with Gasteiger partial charge in [0.2, 0.25) is 53.2 Å².